The molecular formula is C13H16N4. The predicted molar refractivity (Wildman–Crippen MR) is 69.3 cm³/mol. The smallest absolute Gasteiger partial charge is 0.220 e. The quantitative estimate of drug-likeness (QED) is 0.870. The molecule has 2 rings (SSSR count). The first-order valence-electron chi connectivity index (χ1n) is 5.48. The Morgan fingerprint density at radius 3 is 2.76 bits per heavy atom. The Morgan fingerprint density at radius 2 is 2.06 bits per heavy atom. The topological polar surface area (TPSA) is 55.0 Å². The third-order valence-electron chi connectivity index (χ3n) is 2.40. The molecule has 4 heteroatoms. The summed E-state index contributed by atoms with van der Waals surface area (Å²) in [5.74, 6) is 0.306. The van der Waals surface area contributed by atoms with Crippen molar-refractivity contribution in [2.45, 2.75) is 6.54 Å². The van der Waals surface area contributed by atoms with Gasteiger partial charge < -0.3 is 10.6 Å². The van der Waals surface area contributed by atoms with E-state index in [0.29, 0.717) is 5.95 Å². The lowest BCUT2D eigenvalue weighted by atomic mass is 10.1. The van der Waals surface area contributed by atoms with E-state index in [1.807, 2.05) is 18.2 Å². The van der Waals surface area contributed by atoms with Gasteiger partial charge in [-0.1, -0.05) is 18.2 Å². The number of aromatic nitrogens is 2. The van der Waals surface area contributed by atoms with Crippen molar-refractivity contribution in [3.63, 3.8) is 0 Å². The highest BCUT2D eigenvalue weighted by Crippen LogP contribution is 2.18. The molecule has 0 aliphatic carbocycles. The number of nitrogens with zero attached hydrogens (tertiary/aromatic N) is 3. The standard InChI is InChI=1S/C13H16N4/c1-17(2)9-10-4-3-5-11(8-10)12-6-7-15-13(14)16-12/h3-8H,9H2,1-2H3,(H2,14,15,16). The maximum atomic E-state index is 5.58. The van der Waals surface area contributed by atoms with Crippen molar-refractivity contribution in [1.29, 1.82) is 0 Å². The van der Waals surface area contributed by atoms with Crippen LogP contribution in [0.5, 0.6) is 0 Å². The van der Waals surface area contributed by atoms with Gasteiger partial charge in [0.25, 0.3) is 0 Å². The van der Waals surface area contributed by atoms with Crippen LogP contribution in [-0.2, 0) is 6.54 Å². The summed E-state index contributed by atoms with van der Waals surface area (Å²) in [5, 5.41) is 0. The maximum Gasteiger partial charge on any atom is 0.220 e. The Kier molecular flexibility index (Phi) is 3.35. The molecule has 0 saturated heterocycles. The summed E-state index contributed by atoms with van der Waals surface area (Å²) in [5.41, 5.74) is 8.77. The molecule has 0 unspecified atom stereocenters. The number of rotatable bonds is 3. The van der Waals surface area contributed by atoms with E-state index < -0.39 is 0 Å². The van der Waals surface area contributed by atoms with Crippen molar-refractivity contribution in [2.75, 3.05) is 19.8 Å². The number of nitrogens with two attached hydrogens (primary N) is 1. The second kappa shape index (κ2) is 4.93. The van der Waals surface area contributed by atoms with Crippen LogP contribution >= 0.6 is 0 Å². The molecule has 0 saturated carbocycles. The maximum absolute atomic E-state index is 5.58. The van der Waals surface area contributed by atoms with Crippen LogP contribution in [0.25, 0.3) is 11.3 Å². The largest absolute Gasteiger partial charge is 0.368 e. The number of hydrogen-bond acceptors (Lipinski definition) is 4. The molecule has 0 spiro atoms. The van der Waals surface area contributed by atoms with Gasteiger partial charge >= 0.3 is 0 Å². The first-order valence-corrected chi connectivity index (χ1v) is 5.48. The van der Waals surface area contributed by atoms with E-state index in [9.17, 15) is 0 Å². The van der Waals surface area contributed by atoms with Crippen LogP contribution in [0.1, 0.15) is 5.56 Å². The zero-order valence-corrected chi connectivity index (χ0v) is 10.1. The second-order valence-electron chi connectivity index (χ2n) is 4.24. The number of nitrogen functional groups attached to an aromatic ring is 1. The van der Waals surface area contributed by atoms with Gasteiger partial charge in [-0.3, -0.25) is 0 Å². The minimum atomic E-state index is 0.306. The summed E-state index contributed by atoms with van der Waals surface area (Å²) in [4.78, 5) is 10.2. The number of hydrogen-bond donors (Lipinski definition) is 1. The van der Waals surface area contributed by atoms with Crippen molar-refractivity contribution in [3.8, 4) is 11.3 Å². The first-order chi connectivity index (χ1) is 8.15. The van der Waals surface area contributed by atoms with Crippen molar-refractivity contribution in [2.24, 2.45) is 0 Å². The molecule has 0 aliphatic heterocycles. The molecule has 2 aromatic rings. The Balaban J connectivity index is 2.33. The summed E-state index contributed by atoms with van der Waals surface area (Å²) in [6, 6.07) is 10.2. The zero-order valence-electron chi connectivity index (χ0n) is 10.1. The molecule has 0 atom stereocenters. The van der Waals surface area contributed by atoms with Crippen LogP contribution in [-0.4, -0.2) is 29.0 Å². The van der Waals surface area contributed by atoms with Crippen LogP contribution in [0.4, 0.5) is 5.95 Å². The van der Waals surface area contributed by atoms with Crippen LogP contribution < -0.4 is 5.73 Å². The van der Waals surface area contributed by atoms with Gasteiger partial charge in [-0.05, 0) is 31.8 Å². The van der Waals surface area contributed by atoms with Gasteiger partial charge in [-0.2, -0.15) is 0 Å². The molecule has 0 bridgehead atoms. The third-order valence-corrected chi connectivity index (χ3v) is 2.40. The SMILES string of the molecule is CN(C)Cc1cccc(-c2ccnc(N)n2)c1. The van der Waals surface area contributed by atoms with Crippen LogP contribution in [0, 0.1) is 0 Å². The summed E-state index contributed by atoms with van der Waals surface area (Å²) in [6.07, 6.45) is 1.68. The highest BCUT2D eigenvalue weighted by atomic mass is 15.0. The van der Waals surface area contributed by atoms with E-state index in [1.165, 1.54) is 5.56 Å². The molecule has 2 N–H and O–H groups in total. The monoisotopic (exact) mass is 228 g/mol. The molecule has 1 aromatic heterocycles. The van der Waals surface area contributed by atoms with Crippen LogP contribution in [0.2, 0.25) is 0 Å². The van der Waals surface area contributed by atoms with Gasteiger partial charge in [-0.15, -0.1) is 0 Å². The fourth-order valence-electron chi connectivity index (χ4n) is 1.73. The van der Waals surface area contributed by atoms with Gasteiger partial charge in [0.2, 0.25) is 5.95 Å². The Labute approximate surface area is 101 Å². The van der Waals surface area contributed by atoms with E-state index in [0.717, 1.165) is 17.8 Å². The van der Waals surface area contributed by atoms with E-state index in [-0.39, 0.29) is 0 Å². The highest BCUT2D eigenvalue weighted by Gasteiger charge is 2.02. The molecule has 17 heavy (non-hydrogen) atoms. The lowest BCUT2D eigenvalue weighted by Gasteiger charge is -2.10. The second-order valence-corrected chi connectivity index (χ2v) is 4.24. The minimum Gasteiger partial charge on any atom is -0.368 e. The first kappa shape index (κ1) is 11.5. The molecule has 0 fully saturated rings. The molecule has 0 aliphatic rings. The van der Waals surface area contributed by atoms with Gasteiger partial charge in [0.15, 0.2) is 0 Å². The molecule has 1 aromatic carbocycles. The lowest BCUT2D eigenvalue weighted by molar-refractivity contribution is 0.402. The minimum absolute atomic E-state index is 0.306. The lowest BCUT2D eigenvalue weighted by Crippen LogP contribution is -2.10. The summed E-state index contributed by atoms with van der Waals surface area (Å²) < 4.78 is 0. The zero-order chi connectivity index (χ0) is 12.3. The molecule has 0 radical (unpaired) electrons. The van der Waals surface area contributed by atoms with E-state index in [4.69, 9.17) is 5.73 Å². The fourth-order valence-corrected chi connectivity index (χ4v) is 1.73. The van der Waals surface area contributed by atoms with Crippen molar-refractivity contribution in [3.05, 3.63) is 42.1 Å². The average Bonchev–Trinajstić information content (AvgIpc) is 2.28. The van der Waals surface area contributed by atoms with E-state index >= 15 is 0 Å². The fraction of sp³-hybridized carbons (Fsp3) is 0.231. The molecule has 4 nitrogen and oxygen atoms in total. The Hall–Kier alpha value is -1.94. The molecule has 0 amide bonds. The van der Waals surface area contributed by atoms with Crippen molar-refractivity contribution in [1.82, 2.24) is 14.9 Å². The Bertz CT molecular complexity index is 508. The summed E-state index contributed by atoms with van der Waals surface area (Å²) in [6.45, 7) is 0.911. The molecule has 1 heterocycles. The number of anilines is 1. The average molecular weight is 228 g/mol. The predicted octanol–water partition coefficient (Wildman–Crippen LogP) is 1.79. The van der Waals surface area contributed by atoms with E-state index in [1.54, 1.807) is 6.20 Å². The van der Waals surface area contributed by atoms with Gasteiger partial charge in [0, 0.05) is 18.3 Å². The van der Waals surface area contributed by atoms with Crippen molar-refractivity contribution >= 4 is 5.95 Å². The third kappa shape index (κ3) is 3.01. The summed E-state index contributed by atoms with van der Waals surface area (Å²) >= 11 is 0. The Morgan fingerprint density at radius 1 is 1.24 bits per heavy atom. The normalized spacial score (nSPS) is 10.8. The number of benzene rings is 1. The van der Waals surface area contributed by atoms with E-state index in [2.05, 4.69) is 41.1 Å². The highest BCUT2D eigenvalue weighted by molar-refractivity contribution is 5.60. The van der Waals surface area contributed by atoms with Gasteiger partial charge in [-0.25, -0.2) is 9.97 Å². The molecular weight excluding hydrogens is 212 g/mol. The van der Waals surface area contributed by atoms with Crippen LogP contribution in [0.3, 0.4) is 0 Å². The molecule has 88 valence electrons. The van der Waals surface area contributed by atoms with Gasteiger partial charge in [0.1, 0.15) is 0 Å². The van der Waals surface area contributed by atoms with Crippen LogP contribution in [0.15, 0.2) is 36.5 Å². The summed E-state index contributed by atoms with van der Waals surface area (Å²) in [7, 11) is 4.10. The van der Waals surface area contributed by atoms with Gasteiger partial charge in [0.05, 0.1) is 5.69 Å². The van der Waals surface area contributed by atoms with Crippen molar-refractivity contribution < 1.29 is 0 Å².